The summed E-state index contributed by atoms with van der Waals surface area (Å²) in [5, 5.41) is 5.28. The van der Waals surface area contributed by atoms with Gasteiger partial charge in [0.05, 0.1) is 17.5 Å². The number of benzene rings is 2. The van der Waals surface area contributed by atoms with Crippen LogP contribution in [-0.4, -0.2) is 29.2 Å². The van der Waals surface area contributed by atoms with Crippen LogP contribution in [-0.2, 0) is 9.59 Å². The molecule has 0 saturated carbocycles. The van der Waals surface area contributed by atoms with Gasteiger partial charge in [0.15, 0.2) is 0 Å². The van der Waals surface area contributed by atoms with Crippen LogP contribution in [0.1, 0.15) is 47.0 Å². The lowest BCUT2D eigenvalue weighted by molar-refractivity contribution is -0.141. The number of aryl methyl sites for hydroxylation is 1. The van der Waals surface area contributed by atoms with Crippen molar-refractivity contribution in [1.82, 2.24) is 4.90 Å². The van der Waals surface area contributed by atoms with Gasteiger partial charge in [0, 0.05) is 18.7 Å². The van der Waals surface area contributed by atoms with E-state index in [0.717, 1.165) is 18.9 Å². The lowest BCUT2D eigenvalue weighted by Gasteiger charge is -2.34. The molecule has 4 rings (SSSR count). The fourth-order valence-corrected chi connectivity index (χ4v) is 3.93. The molecule has 170 valence electrons. The first-order chi connectivity index (χ1) is 15.9. The third-order valence-corrected chi connectivity index (χ3v) is 5.62. The molecule has 1 fully saturated rings. The van der Waals surface area contributed by atoms with Crippen molar-refractivity contribution in [3.63, 3.8) is 0 Å². The molecule has 1 saturated heterocycles. The number of carbonyl (C=O) groups excluding carboxylic acids is 3. The van der Waals surface area contributed by atoms with Crippen LogP contribution in [0.25, 0.3) is 0 Å². The van der Waals surface area contributed by atoms with Gasteiger partial charge in [-0.25, -0.2) is 4.39 Å². The molecule has 3 aromatic rings. The topological polar surface area (TPSA) is 91.7 Å². The molecule has 1 aliphatic rings. The number of halogens is 1. The number of hydrogen-bond donors (Lipinski definition) is 2. The number of likely N-dealkylation sites (tertiary alicyclic amines) is 1. The molecule has 0 radical (unpaired) electrons. The molecule has 7 nitrogen and oxygen atoms in total. The zero-order chi connectivity index (χ0) is 23.4. The van der Waals surface area contributed by atoms with Crippen LogP contribution in [0.15, 0.2) is 65.3 Å². The number of furan rings is 1. The molecule has 2 aromatic carbocycles. The highest BCUT2D eigenvalue weighted by Crippen LogP contribution is 2.28. The van der Waals surface area contributed by atoms with Crippen molar-refractivity contribution in [3.05, 3.63) is 83.6 Å². The quantitative estimate of drug-likeness (QED) is 0.572. The molecule has 3 amide bonds. The van der Waals surface area contributed by atoms with Crippen molar-refractivity contribution in [2.24, 2.45) is 0 Å². The van der Waals surface area contributed by atoms with Crippen LogP contribution in [0.4, 0.5) is 15.8 Å². The predicted molar refractivity (Wildman–Crippen MR) is 121 cm³/mol. The van der Waals surface area contributed by atoms with Gasteiger partial charge in [-0.2, -0.15) is 0 Å². The van der Waals surface area contributed by atoms with Crippen molar-refractivity contribution in [1.29, 1.82) is 0 Å². The fourth-order valence-electron chi connectivity index (χ4n) is 3.93. The zero-order valence-corrected chi connectivity index (χ0v) is 18.1. The Labute approximate surface area is 190 Å². The van der Waals surface area contributed by atoms with Gasteiger partial charge < -0.3 is 20.0 Å². The van der Waals surface area contributed by atoms with E-state index >= 15 is 0 Å². The Morgan fingerprint density at radius 3 is 2.55 bits per heavy atom. The summed E-state index contributed by atoms with van der Waals surface area (Å²) in [5.41, 5.74) is 1.20. The first kappa shape index (κ1) is 22.3. The first-order valence-corrected chi connectivity index (χ1v) is 10.7. The van der Waals surface area contributed by atoms with E-state index in [0.29, 0.717) is 30.0 Å². The molecule has 2 heterocycles. The lowest BCUT2D eigenvalue weighted by atomic mass is 10.0. The second-order valence-electron chi connectivity index (χ2n) is 7.89. The molecule has 1 unspecified atom stereocenters. The van der Waals surface area contributed by atoms with Crippen molar-refractivity contribution in [3.8, 4) is 0 Å². The van der Waals surface area contributed by atoms with E-state index in [1.165, 1.54) is 24.5 Å². The van der Waals surface area contributed by atoms with Crippen molar-refractivity contribution in [2.45, 2.75) is 32.2 Å². The zero-order valence-electron chi connectivity index (χ0n) is 18.1. The Hall–Kier alpha value is -3.94. The number of anilines is 2. The Kier molecular flexibility index (Phi) is 6.53. The van der Waals surface area contributed by atoms with Crippen LogP contribution in [0.2, 0.25) is 0 Å². The molecule has 0 spiro atoms. The van der Waals surface area contributed by atoms with E-state index in [9.17, 15) is 18.8 Å². The van der Waals surface area contributed by atoms with Crippen molar-refractivity contribution >= 4 is 29.1 Å². The summed E-state index contributed by atoms with van der Waals surface area (Å²) >= 11 is 0. The minimum atomic E-state index is -0.810. The van der Waals surface area contributed by atoms with Crippen molar-refractivity contribution in [2.75, 3.05) is 17.2 Å². The summed E-state index contributed by atoms with van der Waals surface area (Å²) in [6.07, 6.45) is 3.40. The second-order valence-corrected chi connectivity index (χ2v) is 7.89. The highest BCUT2D eigenvalue weighted by atomic mass is 19.1. The Morgan fingerprint density at radius 2 is 1.85 bits per heavy atom. The minimum absolute atomic E-state index is 0.0761. The van der Waals surface area contributed by atoms with Gasteiger partial charge in [0.25, 0.3) is 11.8 Å². The first-order valence-electron chi connectivity index (χ1n) is 10.7. The van der Waals surface area contributed by atoms with Crippen LogP contribution in [0, 0.1) is 12.7 Å². The number of piperidine rings is 1. The number of rotatable bonds is 6. The van der Waals surface area contributed by atoms with E-state index in [1.807, 2.05) is 18.2 Å². The largest absolute Gasteiger partial charge is 0.469 e. The summed E-state index contributed by atoms with van der Waals surface area (Å²) in [5.74, 6) is -1.24. The molecular formula is C25H24FN3O4. The fraction of sp³-hybridized carbons (Fsp3) is 0.240. The lowest BCUT2D eigenvalue weighted by Crippen LogP contribution is -2.43. The van der Waals surface area contributed by atoms with Gasteiger partial charge in [-0.15, -0.1) is 0 Å². The summed E-state index contributed by atoms with van der Waals surface area (Å²) < 4.78 is 19.5. The van der Waals surface area contributed by atoms with Gasteiger partial charge >= 0.3 is 0 Å². The summed E-state index contributed by atoms with van der Waals surface area (Å²) in [6.45, 7) is 2.12. The summed E-state index contributed by atoms with van der Waals surface area (Å²) in [4.78, 5) is 39.9. The van der Waals surface area contributed by atoms with Crippen LogP contribution in [0.5, 0.6) is 0 Å². The monoisotopic (exact) mass is 449 g/mol. The number of carbonyl (C=O) groups is 3. The number of hydrogen-bond acceptors (Lipinski definition) is 4. The Bertz CT molecular complexity index is 1180. The highest BCUT2D eigenvalue weighted by molar-refractivity contribution is 6.05. The smallest absolute Gasteiger partial charge is 0.259 e. The molecule has 8 heteroatoms. The van der Waals surface area contributed by atoms with E-state index < -0.39 is 23.7 Å². The molecule has 2 N–H and O–H groups in total. The van der Waals surface area contributed by atoms with Gasteiger partial charge in [-0.1, -0.05) is 30.3 Å². The summed E-state index contributed by atoms with van der Waals surface area (Å²) in [7, 11) is 0. The van der Waals surface area contributed by atoms with E-state index in [1.54, 1.807) is 24.0 Å². The standard InChI is InChI=1S/C25H24FN3O4/c1-16-19(12-14-33-16)24(31)28-21-15-18(10-11-20(21)26)27-25(32)23(17-7-3-2-4-8-17)29-13-6-5-9-22(29)30/h2-4,7-8,10-12,14-15,23H,5-6,9,13H2,1H3,(H,27,32)(H,28,31). The SMILES string of the molecule is Cc1occc1C(=O)Nc1cc(NC(=O)C(c2ccccc2)N2CCCCC2=O)ccc1F. The minimum Gasteiger partial charge on any atom is -0.469 e. The average molecular weight is 449 g/mol. The third-order valence-electron chi connectivity index (χ3n) is 5.62. The van der Waals surface area contributed by atoms with Gasteiger partial charge in [0.2, 0.25) is 5.91 Å². The molecule has 0 aliphatic carbocycles. The van der Waals surface area contributed by atoms with E-state index in [-0.39, 0.29) is 17.2 Å². The number of amides is 3. The van der Waals surface area contributed by atoms with Crippen LogP contribution < -0.4 is 10.6 Å². The van der Waals surface area contributed by atoms with E-state index in [4.69, 9.17) is 4.42 Å². The molecular weight excluding hydrogens is 425 g/mol. The molecule has 1 aromatic heterocycles. The average Bonchev–Trinajstić information content (AvgIpc) is 3.24. The predicted octanol–water partition coefficient (Wildman–Crippen LogP) is 4.67. The third kappa shape index (κ3) is 4.95. The molecule has 1 aliphatic heterocycles. The maximum atomic E-state index is 14.4. The van der Waals surface area contributed by atoms with E-state index in [2.05, 4.69) is 10.6 Å². The Morgan fingerprint density at radius 1 is 1.06 bits per heavy atom. The second kappa shape index (κ2) is 9.68. The van der Waals surface area contributed by atoms with Crippen LogP contribution in [0.3, 0.4) is 0 Å². The summed E-state index contributed by atoms with van der Waals surface area (Å²) in [6, 6.07) is 13.7. The number of nitrogens with one attached hydrogen (secondary N) is 2. The maximum Gasteiger partial charge on any atom is 0.259 e. The maximum absolute atomic E-state index is 14.4. The van der Waals surface area contributed by atoms with Gasteiger partial charge in [0.1, 0.15) is 17.6 Å². The Balaban J connectivity index is 1.57. The molecule has 0 bridgehead atoms. The molecule has 33 heavy (non-hydrogen) atoms. The number of nitrogens with zero attached hydrogens (tertiary/aromatic N) is 1. The van der Waals surface area contributed by atoms with Crippen molar-refractivity contribution < 1.29 is 23.2 Å². The van der Waals surface area contributed by atoms with Gasteiger partial charge in [-0.3, -0.25) is 14.4 Å². The van der Waals surface area contributed by atoms with Gasteiger partial charge in [-0.05, 0) is 49.6 Å². The normalized spacial score (nSPS) is 14.6. The highest BCUT2D eigenvalue weighted by Gasteiger charge is 2.32. The van der Waals surface area contributed by atoms with Crippen LogP contribution >= 0.6 is 0 Å². The molecule has 1 atom stereocenters.